The zero-order valence-electron chi connectivity index (χ0n) is 18.3. The lowest BCUT2D eigenvalue weighted by molar-refractivity contribution is 0.762. The van der Waals surface area contributed by atoms with E-state index in [1.165, 1.54) is 12.8 Å². The molecule has 8 heteroatoms. The van der Waals surface area contributed by atoms with E-state index in [9.17, 15) is 4.79 Å². The van der Waals surface area contributed by atoms with Crippen LogP contribution in [0.2, 0.25) is 0 Å². The molecule has 2 heterocycles. The van der Waals surface area contributed by atoms with Gasteiger partial charge < -0.3 is 17.2 Å². The lowest BCUT2D eigenvalue weighted by Gasteiger charge is -2.15. The largest absolute Gasteiger partial charge is 0.382 e. The Hall–Kier alpha value is -4.38. The summed E-state index contributed by atoms with van der Waals surface area (Å²) in [6, 6.07) is 20.1. The zero-order chi connectivity index (χ0) is 23.5. The number of aryl methyl sites for hydroxylation is 1. The molecule has 0 unspecified atom stereocenters. The molecule has 0 spiro atoms. The van der Waals surface area contributed by atoms with Gasteiger partial charge in [0.25, 0.3) is 5.56 Å². The number of nitriles is 1. The lowest BCUT2D eigenvalue weighted by atomic mass is 10.0. The molecule has 2 aromatic carbocycles. The molecule has 1 fully saturated rings. The van der Waals surface area contributed by atoms with Crippen LogP contribution < -0.4 is 22.8 Å². The number of nitrogens with two attached hydrogens (primary N) is 3. The zero-order valence-corrected chi connectivity index (χ0v) is 18.3. The number of nitrogens with zero attached hydrogens (tertiary/aromatic N) is 4. The van der Waals surface area contributed by atoms with E-state index in [2.05, 4.69) is 22.1 Å². The first kappa shape index (κ1) is 21.8. The smallest absolute Gasteiger partial charge is 0.263 e. The molecule has 6 N–H and O–H groups in total. The minimum Gasteiger partial charge on any atom is -0.382 e. The van der Waals surface area contributed by atoms with Crippen molar-refractivity contribution in [2.24, 2.45) is 5.92 Å². The van der Waals surface area contributed by atoms with Gasteiger partial charge in [0.05, 0.1) is 5.39 Å². The fraction of sp³-hybridized carbons (Fsp3) is 0.200. The predicted octanol–water partition coefficient (Wildman–Crippen LogP) is 3.35. The molecule has 0 radical (unpaired) electrons. The average Bonchev–Trinajstić information content (AvgIpc) is 3.58. The highest BCUT2D eigenvalue weighted by molar-refractivity contribution is 5.85. The van der Waals surface area contributed by atoms with E-state index >= 15 is 0 Å². The fourth-order valence-electron chi connectivity index (χ4n) is 3.85. The maximum Gasteiger partial charge on any atom is 0.263 e. The van der Waals surface area contributed by atoms with Gasteiger partial charge in [-0.05, 0) is 61.3 Å². The Morgan fingerprint density at radius 2 is 1.70 bits per heavy atom. The van der Waals surface area contributed by atoms with Gasteiger partial charge in [0.1, 0.15) is 23.3 Å². The summed E-state index contributed by atoms with van der Waals surface area (Å²) >= 11 is 0. The van der Waals surface area contributed by atoms with Gasteiger partial charge in [0, 0.05) is 11.4 Å². The first-order chi connectivity index (χ1) is 15.9. The summed E-state index contributed by atoms with van der Waals surface area (Å²) < 4.78 is 1.91. The number of para-hydroxylation sites is 1. The van der Waals surface area contributed by atoms with E-state index in [0.29, 0.717) is 0 Å². The molecule has 1 saturated carbocycles. The van der Waals surface area contributed by atoms with Crippen LogP contribution in [0.3, 0.4) is 0 Å². The molecular formula is C25H25N7O. The highest BCUT2D eigenvalue weighted by Crippen LogP contribution is 2.33. The number of pyridine rings is 1. The van der Waals surface area contributed by atoms with Crippen molar-refractivity contribution in [3.05, 3.63) is 81.8 Å². The number of anilines is 3. The van der Waals surface area contributed by atoms with Crippen molar-refractivity contribution in [3.8, 4) is 11.8 Å². The van der Waals surface area contributed by atoms with Crippen molar-refractivity contribution in [2.45, 2.75) is 26.2 Å². The molecule has 1 aliphatic rings. The van der Waals surface area contributed by atoms with Crippen LogP contribution in [0.25, 0.3) is 16.5 Å². The average molecular weight is 440 g/mol. The van der Waals surface area contributed by atoms with Gasteiger partial charge in [-0.15, -0.1) is 0 Å². The monoisotopic (exact) mass is 439 g/mol. The summed E-state index contributed by atoms with van der Waals surface area (Å²) in [5.41, 5.74) is 19.1. The molecular weight excluding hydrogens is 414 g/mol. The number of rotatable bonds is 3. The Labute approximate surface area is 191 Å². The number of benzene rings is 2. The summed E-state index contributed by atoms with van der Waals surface area (Å²) in [7, 11) is 0. The highest BCUT2D eigenvalue weighted by atomic mass is 16.1. The molecule has 166 valence electrons. The van der Waals surface area contributed by atoms with Gasteiger partial charge >= 0.3 is 0 Å². The summed E-state index contributed by atoms with van der Waals surface area (Å²) in [6.07, 6.45) is 3.57. The van der Waals surface area contributed by atoms with Crippen LogP contribution in [-0.2, 0) is 6.42 Å². The third-order valence-corrected chi connectivity index (χ3v) is 5.63. The van der Waals surface area contributed by atoms with E-state index in [-0.39, 0.29) is 28.7 Å². The molecule has 1 aliphatic carbocycles. The standard InChI is InChI=1S/C20H19NO.C5H6N6/c1-14-6-5-7-16-13-18(12-15-10-11-15)21(20(22)19(14)16)17-8-3-2-4-9-17;6-1-2-3(7)10-5(9)11-4(2)8/h2-9,13,15H,10-12H2,1H3;(H6,7,8,9,10,11). The maximum atomic E-state index is 13.1. The number of aromatic nitrogens is 3. The second-order valence-electron chi connectivity index (χ2n) is 8.14. The lowest BCUT2D eigenvalue weighted by Crippen LogP contribution is -2.23. The molecule has 0 saturated heterocycles. The van der Waals surface area contributed by atoms with Gasteiger partial charge in [-0.3, -0.25) is 9.36 Å². The van der Waals surface area contributed by atoms with Crippen molar-refractivity contribution < 1.29 is 0 Å². The van der Waals surface area contributed by atoms with Crippen molar-refractivity contribution in [1.29, 1.82) is 5.26 Å². The minimum absolute atomic E-state index is 0.0116. The Morgan fingerprint density at radius 3 is 2.30 bits per heavy atom. The second-order valence-corrected chi connectivity index (χ2v) is 8.14. The molecule has 33 heavy (non-hydrogen) atoms. The first-order valence-corrected chi connectivity index (χ1v) is 10.7. The summed E-state index contributed by atoms with van der Waals surface area (Å²) in [6.45, 7) is 2.01. The summed E-state index contributed by atoms with van der Waals surface area (Å²) in [4.78, 5) is 20.2. The number of nitrogen functional groups attached to an aromatic ring is 3. The van der Waals surface area contributed by atoms with Crippen LogP contribution in [-0.4, -0.2) is 14.5 Å². The van der Waals surface area contributed by atoms with Crippen LogP contribution in [0, 0.1) is 24.2 Å². The Morgan fingerprint density at radius 1 is 1.03 bits per heavy atom. The first-order valence-electron chi connectivity index (χ1n) is 10.7. The summed E-state index contributed by atoms with van der Waals surface area (Å²) in [5, 5.41) is 10.4. The second kappa shape index (κ2) is 9.01. The highest BCUT2D eigenvalue weighted by Gasteiger charge is 2.24. The van der Waals surface area contributed by atoms with Crippen LogP contribution in [0.1, 0.15) is 29.7 Å². The van der Waals surface area contributed by atoms with Gasteiger partial charge in [-0.25, -0.2) is 0 Å². The molecule has 0 bridgehead atoms. The Balaban J connectivity index is 0.000000200. The molecule has 5 rings (SSSR count). The molecule has 2 aromatic heterocycles. The van der Waals surface area contributed by atoms with Crippen molar-refractivity contribution in [2.75, 3.05) is 17.2 Å². The third kappa shape index (κ3) is 4.62. The van der Waals surface area contributed by atoms with Gasteiger partial charge in [-0.1, -0.05) is 36.4 Å². The predicted molar refractivity (Wildman–Crippen MR) is 131 cm³/mol. The maximum absolute atomic E-state index is 13.1. The Bertz CT molecular complexity index is 1390. The van der Waals surface area contributed by atoms with Crippen LogP contribution in [0.15, 0.2) is 59.4 Å². The Kier molecular flexibility index (Phi) is 5.96. The number of fused-ring (bicyclic) bond motifs is 1. The topological polar surface area (TPSA) is 150 Å². The van der Waals surface area contributed by atoms with Crippen LogP contribution in [0.4, 0.5) is 17.6 Å². The van der Waals surface area contributed by atoms with E-state index < -0.39 is 0 Å². The molecule has 0 atom stereocenters. The molecule has 4 aromatic rings. The van der Waals surface area contributed by atoms with Crippen molar-refractivity contribution in [3.63, 3.8) is 0 Å². The van der Waals surface area contributed by atoms with Crippen LogP contribution in [0.5, 0.6) is 0 Å². The SMILES string of the molecule is Cc1cccc2cc(CC3CC3)n(-c3ccccc3)c(=O)c12.N#Cc1c(N)nc(N)nc1N. The third-order valence-electron chi connectivity index (χ3n) is 5.63. The van der Waals surface area contributed by atoms with E-state index in [0.717, 1.165) is 40.1 Å². The van der Waals surface area contributed by atoms with Gasteiger partial charge in [0.2, 0.25) is 5.95 Å². The van der Waals surface area contributed by atoms with Crippen LogP contribution >= 0.6 is 0 Å². The number of hydrogen-bond acceptors (Lipinski definition) is 7. The molecule has 8 nitrogen and oxygen atoms in total. The normalized spacial score (nSPS) is 12.6. The number of hydrogen-bond donors (Lipinski definition) is 3. The summed E-state index contributed by atoms with van der Waals surface area (Å²) in [5.74, 6) is 0.741. The van der Waals surface area contributed by atoms with Crippen molar-refractivity contribution in [1.82, 2.24) is 14.5 Å². The fourth-order valence-corrected chi connectivity index (χ4v) is 3.85. The van der Waals surface area contributed by atoms with E-state index in [4.69, 9.17) is 22.5 Å². The van der Waals surface area contributed by atoms with Gasteiger partial charge in [0.15, 0.2) is 0 Å². The van der Waals surface area contributed by atoms with E-state index in [1.54, 1.807) is 6.07 Å². The van der Waals surface area contributed by atoms with Gasteiger partial charge in [-0.2, -0.15) is 15.2 Å². The minimum atomic E-state index is -0.0287. The van der Waals surface area contributed by atoms with E-state index in [1.807, 2.05) is 54.0 Å². The quantitative estimate of drug-likeness (QED) is 0.443. The molecule has 0 aliphatic heterocycles. The van der Waals surface area contributed by atoms with Crippen molar-refractivity contribution >= 4 is 28.4 Å². The molecule has 0 amide bonds.